The molecule has 2 aromatic heterocycles. The van der Waals surface area contributed by atoms with Gasteiger partial charge in [-0.05, 0) is 37.8 Å². The van der Waals surface area contributed by atoms with Crippen molar-refractivity contribution in [3.8, 4) is 0 Å². The predicted octanol–water partition coefficient (Wildman–Crippen LogP) is 0.185. The second-order valence-corrected chi connectivity index (χ2v) is 7.61. The Bertz CT molecular complexity index is 1030. The van der Waals surface area contributed by atoms with Crippen LogP contribution in [0.3, 0.4) is 0 Å². The van der Waals surface area contributed by atoms with E-state index in [4.69, 9.17) is 0 Å². The highest BCUT2D eigenvalue weighted by atomic mass is 16.2. The zero-order chi connectivity index (χ0) is 20.4. The molecule has 2 fully saturated rings. The molecule has 0 bridgehead atoms. The van der Waals surface area contributed by atoms with Crippen LogP contribution >= 0.6 is 0 Å². The number of pyridine rings is 1. The summed E-state index contributed by atoms with van der Waals surface area (Å²) in [6, 6.07) is 5.60. The Morgan fingerprint density at radius 1 is 1.14 bits per heavy atom. The van der Waals surface area contributed by atoms with Crippen LogP contribution in [-0.2, 0) is 22.6 Å². The van der Waals surface area contributed by atoms with Crippen LogP contribution < -0.4 is 11.2 Å². The first-order valence-corrected chi connectivity index (χ1v) is 9.80. The van der Waals surface area contributed by atoms with Crippen LogP contribution in [-0.4, -0.2) is 55.2 Å². The lowest BCUT2D eigenvalue weighted by atomic mass is 9.85. The van der Waals surface area contributed by atoms with Gasteiger partial charge in [-0.3, -0.25) is 24.4 Å². The third kappa shape index (κ3) is 3.59. The van der Waals surface area contributed by atoms with E-state index in [1.807, 2.05) is 18.2 Å². The van der Waals surface area contributed by atoms with E-state index in [2.05, 4.69) is 15.0 Å². The van der Waals surface area contributed by atoms with Crippen LogP contribution in [0.15, 0.2) is 40.2 Å². The number of H-pyrrole nitrogens is 2. The minimum absolute atomic E-state index is 0.0457. The highest BCUT2D eigenvalue weighted by Crippen LogP contribution is 2.39. The number of rotatable bonds is 4. The van der Waals surface area contributed by atoms with Crippen molar-refractivity contribution in [1.29, 1.82) is 0 Å². The quantitative estimate of drug-likeness (QED) is 0.763. The molecule has 2 saturated heterocycles. The topological polar surface area (TPSA) is 119 Å². The Kier molecular flexibility index (Phi) is 5.04. The van der Waals surface area contributed by atoms with Crippen LogP contribution in [0, 0.1) is 0 Å². The molecule has 152 valence electrons. The minimum atomic E-state index is -0.848. The number of likely N-dealkylation sites (tertiary alicyclic amines) is 2. The van der Waals surface area contributed by atoms with E-state index in [0.29, 0.717) is 32.5 Å². The second-order valence-electron chi connectivity index (χ2n) is 7.61. The first-order chi connectivity index (χ1) is 14.0. The molecule has 1 unspecified atom stereocenters. The molecule has 1 spiro atoms. The van der Waals surface area contributed by atoms with Crippen LogP contribution in [0.4, 0.5) is 0 Å². The van der Waals surface area contributed by atoms with E-state index >= 15 is 0 Å². The summed E-state index contributed by atoms with van der Waals surface area (Å²) in [6.45, 7) is 1.55. The zero-order valence-corrected chi connectivity index (χ0v) is 16.0. The predicted molar refractivity (Wildman–Crippen MR) is 104 cm³/mol. The lowest BCUT2D eigenvalue weighted by Crippen LogP contribution is -2.61. The van der Waals surface area contributed by atoms with Gasteiger partial charge in [0.05, 0.1) is 18.7 Å². The van der Waals surface area contributed by atoms with Gasteiger partial charge in [0, 0.05) is 31.0 Å². The van der Waals surface area contributed by atoms with Gasteiger partial charge in [0.25, 0.3) is 5.56 Å². The average Bonchev–Trinajstić information content (AvgIpc) is 3.13. The number of carbonyl (C=O) groups is 2. The van der Waals surface area contributed by atoms with Gasteiger partial charge in [0.1, 0.15) is 5.54 Å². The fraction of sp³-hybridized carbons (Fsp3) is 0.450. The number of aromatic nitrogens is 3. The summed E-state index contributed by atoms with van der Waals surface area (Å²) >= 11 is 0. The third-order valence-corrected chi connectivity index (χ3v) is 5.81. The van der Waals surface area contributed by atoms with Crippen LogP contribution in [0.25, 0.3) is 0 Å². The van der Waals surface area contributed by atoms with Gasteiger partial charge in [-0.15, -0.1) is 0 Å². The number of amides is 2. The molecular formula is C20H23N5O4. The minimum Gasteiger partial charge on any atom is -0.335 e. The van der Waals surface area contributed by atoms with E-state index < -0.39 is 16.8 Å². The van der Waals surface area contributed by atoms with Crippen molar-refractivity contribution < 1.29 is 9.59 Å². The third-order valence-electron chi connectivity index (χ3n) is 5.81. The van der Waals surface area contributed by atoms with Crippen LogP contribution in [0.2, 0.25) is 0 Å². The highest BCUT2D eigenvalue weighted by molar-refractivity contribution is 5.93. The Morgan fingerprint density at radius 2 is 1.93 bits per heavy atom. The summed E-state index contributed by atoms with van der Waals surface area (Å²) in [5.41, 5.74) is -1.05. The Balaban J connectivity index is 1.55. The number of piperidine rings is 1. The molecule has 2 aliphatic rings. The van der Waals surface area contributed by atoms with E-state index in [1.54, 1.807) is 16.0 Å². The normalized spacial score (nSPS) is 21.7. The lowest BCUT2D eigenvalue weighted by molar-refractivity contribution is -0.155. The smallest absolute Gasteiger partial charge is 0.325 e. The number of hydrogen-bond acceptors (Lipinski definition) is 5. The first-order valence-electron chi connectivity index (χ1n) is 9.80. The molecule has 9 nitrogen and oxygen atoms in total. The number of nitrogens with zero attached hydrogens (tertiary/aromatic N) is 3. The molecule has 29 heavy (non-hydrogen) atoms. The fourth-order valence-electron chi connectivity index (χ4n) is 4.45. The standard InChI is InChI=1S/C20H23N5O4/c26-16(11-14-12-22-19(29)23-17(14)27)25-10-4-7-20(25)6-3-9-24(18(20)28)13-15-5-1-2-8-21-15/h1-2,5,8,12H,3-4,6-7,9-11,13H2,(H2,22,23,27,29). The summed E-state index contributed by atoms with van der Waals surface area (Å²) in [4.78, 5) is 61.8. The molecule has 1 atom stereocenters. The van der Waals surface area contributed by atoms with Crippen molar-refractivity contribution in [3.05, 3.63) is 62.7 Å². The van der Waals surface area contributed by atoms with E-state index in [-0.39, 0.29) is 23.8 Å². The average molecular weight is 397 g/mol. The van der Waals surface area contributed by atoms with Crippen molar-refractivity contribution in [1.82, 2.24) is 24.8 Å². The molecule has 2 amide bonds. The largest absolute Gasteiger partial charge is 0.335 e. The summed E-state index contributed by atoms with van der Waals surface area (Å²) < 4.78 is 0. The second kappa shape index (κ2) is 7.65. The zero-order valence-electron chi connectivity index (χ0n) is 16.0. The molecule has 0 saturated carbocycles. The van der Waals surface area contributed by atoms with Gasteiger partial charge >= 0.3 is 5.69 Å². The number of nitrogens with one attached hydrogen (secondary N) is 2. The monoisotopic (exact) mass is 397 g/mol. The SMILES string of the molecule is O=C(Cc1c[nH]c(=O)[nH]c1=O)N1CCCC12CCCN(Cc1ccccn1)C2=O. The Labute approximate surface area is 166 Å². The summed E-state index contributed by atoms with van der Waals surface area (Å²) in [7, 11) is 0. The molecule has 2 aromatic rings. The van der Waals surface area contributed by atoms with E-state index in [0.717, 1.165) is 18.5 Å². The van der Waals surface area contributed by atoms with Gasteiger partial charge in [-0.25, -0.2) is 4.79 Å². The summed E-state index contributed by atoms with van der Waals surface area (Å²) in [5.74, 6) is -0.316. The van der Waals surface area contributed by atoms with Crippen molar-refractivity contribution in [2.75, 3.05) is 13.1 Å². The number of hydrogen-bond donors (Lipinski definition) is 2. The van der Waals surface area contributed by atoms with E-state index in [1.165, 1.54) is 6.20 Å². The van der Waals surface area contributed by atoms with Crippen molar-refractivity contribution in [3.63, 3.8) is 0 Å². The van der Waals surface area contributed by atoms with E-state index in [9.17, 15) is 19.2 Å². The van der Waals surface area contributed by atoms with Crippen molar-refractivity contribution in [2.24, 2.45) is 0 Å². The van der Waals surface area contributed by atoms with Crippen LogP contribution in [0.1, 0.15) is 36.9 Å². The van der Waals surface area contributed by atoms with Gasteiger partial charge in [0.15, 0.2) is 0 Å². The maximum absolute atomic E-state index is 13.4. The molecular weight excluding hydrogens is 374 g/mol. The molecule has 9 heteroatoms. The molecule has 0 radical (unpaired) electrons. The summed E-state index contributed by atoms with van der Waals surface area (Å²) in [6.07, 6.45) is 5.61. The van der Waals surface area contributed by atoms with Crippen molar-refractivity contribution in [2.45, 2.75) is 44.2 Å². The number of carbonyl (C=O) groups excluding carboxylic acids is 2. The van der Waals surface area contributed by atoms with Crippen molar-refractivity contribution >= 4 is 11.8 Å². The molecule has 0 aliphatic carbocycles. The first kappa shape index (κ1) is 19.1. The van der Waals surface area contributed by atoms with Crippen LogP contribution in [0.5, 0.6) is 0 Å². The maximum Gasteiger partial charge on any atom is 0.325 e. The number of aromatic amines is 2. The molecule has 4 rings (SSSR count). The lowest BCUT2D eigenvalue weighted by Gasteiger charge is -2.44. The molecule has 2 N–H and O–H groups in total. The van der Waals surface area contributed by atoms with Gasteiger partial charge in [0.2, 0.25) is 11.8 Å². The molecule has 0 aromatic carbocycles. The maximum atomic E-state index is 13.4. The Hall–Kier alpha value is -3.23. The molecule has 4 heterocycles. The van der Waals surface area contributed by atoms with Gasteiger partial charge < -0.3 is 14.8 Å². The highest BCUT2D eigenvalue weighted by Gasteiger charge is 2.52. The van der Waals surface area contributed by atoms with Gasteiger partial charge in [-0.2, -0.15) is 0 Å². The van der Waals surface area contributed by atoms with Gasteiger partial charge in [-0.1, -0.05) is 6.07 Å². The summed E-state index contributed by atoms with van der Waals surface area (Å²) in [5, 5.41) is 0. The molecule has 2 aliphatic heterocycles. The Morgan fingerprint density at radius 3 is 2.66 bits per heavy atom. The fourth-order valence-corrected chi connectivity index (χ4v) is 4.45.